The third-order valence-electron chi connectivity index (χ3n) is 6.40. The molecule has 3 atom stereocenters. The highest BCUT2D eigenvalue weighted by Crippen LogP contribution is 2.30. The molecule has 1 saturated heterocycles. The summed E-state index contributed by atoms with van der Waals surface area (Å²) in [7, 11) is 1.74. The number of carbonyl (C=O) groups is 2. The average molecular weight is 453 g/mol. The van der Waals surface area contributed by atoms with E-state index in [1.165, 1.54) is 0 Å². The van der Waals surface area contributed by atoms with Crippen LogP contribution < -0.4 is 14.8 Å². The summed E-state index contributed by atoms with van der Waals surface area (Å²) in [6.45, 7) is 3.94. The van der Waals surface area contributed by atoms with E-state index in [2.05, 4.69) is 5.32 Å². The smallest absolute Gasteiger partial charge is 0.415 e. The van der Waals surface area contributed by atoms with Crippen molar-refractivity contribution in [2.45, 2.75) is 44.8 Å². The monoisotopic (exact) mass is 452 g/mol. The predicted molar refractivity (Wildman–Crippen MR) is 125 cm³/mol. The molecule has 4 rings (SSSR count). The van der Waals surface area contributed by atoms with Crippen molar-refractivity contribution >= 4 is 12.0 Å². The molecular weight excluding hydrogens is 420 g/mol. The fourth-order valence-corrected chi connectivity index (χ4v) is 4.43. The van der Waals surface area contributed by atoms with Gasteiger partial charge in [-0.1, -0.05) is 24.3 Å². The van der Waals surface area contributed by atoms with Crippen molar-refractivity contribution in [3.8, 4) is 22.6 Å². The highest BCUT2D eigenvalue weighted by atomic mass is 16.6. The lowest BCUT2D eigenvalue weighted by Gasteiger charge is -2.23. The van der Waals surface area contributed by atoms with Gasteiger partial charge in [-0.3, -0.25) is 4.79 Å². The zero-order valence-electron chi connectivity index (χ0n) is 19.3. The Labute approximate surface area is 195 Å². The fourth-order valence-electron chi connectivity index (χ4n) is 4.43. The number of nitrogens with one attached hydrogen (secondary N) is 1. The van der Waals surface area contributed by atoms with Crippen LogP contribution in [0.25, 0.3) is 11.1 Å². The standard InChI is InChI=1S/C26H32N2O5/c1-3-27-25(29)20-4-9-21(16-20)28(2)26(30)33-23-12-7-19(8-13-23)18-5-10-22(11-6-18)32-24-14-15-31-17-24/h5-8,10-13,20-21,24H,3-4,9,14-17H2,1-2H3,(H,27,29)/t20-,21+,24+/m0/s1. The van der Waals surface area contributed by atoms with E-state index in [4.69, 9.17) is 14.2 Å². The molecule has 1 saturated carbocycles. The largest absolute Gasteiger partial charge is 0.488 e. The highest BCUT2D eigenvalue weighted by molar-refractivity contribution is 5.79. The van der Waals surface area contributed by atoms with Crippen LogP contribution >= 0.6 is 0 Å². The Morgan fingerprint density at radius 2 is 1.67 bits per heavy atom. The van der Waals surface area contributed by atoms with E-state index in [0.29, 0.717) is 25.3 Å². The molecule has 0 spiro atoms. The van der Waals surface area contributed by atoms with Crippen LogP contribution in [0.15, 0.2) is 48.5 Å². The molecule has 7 nitrogen and oxygen atoms in total. The Morgan fingerprint density at radius 3 is 2.27 bits per heavy atom. The van der Waals surface area contributed by atoms with Gasteiger partial charge in [0.1, 0.15) is 17.6 Å². The van der Waals surface area contributed by atoms with Crippen molar-refractivity contribution in [1.82, 2.24) is 10.2 Å². The van der Waals surface area contributed by atoms with E-state index >= 15 is 0 Å². The van der Waals surface area contributed by atoms with E-state index in [0.717, 1.165) is 42.7 Å². The highest BCUT2D eigenvalue weighted by Gasteiger charge is 2.34. The van der Waals surface area contributed by atoms with Gasteiger partial charge in [0.05, 0.1) is 13.2 Å². The number of benzene rings is 2. The normalized spacial score (nSPS) is 22.1. The summed E-state index contributed by atoms with van der Waals surface area (Å²) in [6.07, 6.45) is 2.92. The average Bonchev–Trinajstić information content (AvgIpc) is 3.52. The number of hydrogen-bond donors (Lipinski definition) is 1. The Morgan fingerprint density at radius 1 is 1.00 bits per heavy atom. The molecule has 2 aliphatic rings. The second kappa shape index (κ2) is 10.7. The molecular formula is C26H32N2O5. The minimum atomic E-state index is -0.401. The molecule has 0 aromatic heterocycles. The summed E-state index contributed by atoms with van der Waals surface area (Å²) in [6, 6.07) is 15.4. The Bertz CT molecular complexity index is 938. The van der Waals surface area contributed by atoms with Crippen LogP contribution in [0.3, 0.4) is 0 Å². The van der Waals surface area contributed by atoms with Crippen molar-refractivity contribution in [3.63, 3.8) is 0 Å². The van der Waals surface area contributed by atoms with Crippen molar-refractivity contribution in [2.24, 2.45) is 5.92 Å². The van der Waals surface area contributed by atoms with Crippen LogP contribution in [-0.4, -0.2) is 55.9 Å². The van der Waals surface area contributed by atoms with Gasteiger partial charge < -0.3 is 24.4 Å². The summed E-state index contributed by atoms with van der Waals surface area (Å²) in [4.78, 5) is 26.3. The van der Waals surface area contributed by atoms with Crippen molar-refractivity contribution in [2.75, 3.05) is 26.8 Å². The SMILES string of the molecule is CCNC(=O)[C@H]1CC[C@@H](N(C)C(=O)Oc2ccc(-c3ccc(O[C@@H]4CCOC4)cc3)cc2)C1. The first-order chi connectivity index (χ1) is 16.0. The van der Waals surface area contributed by atoms with Crippen LogP contribution in [-0.2, 0) is 9.53 Å². The first-order valence-electron chi connectivity index (χ1n) is 11.7. The topological polar surface area (TPSA) is 77.1 Å². The molecule has 0 bridgehead atoms. The number of amides is 2. The van der Waals surface area contributed by atoms with Gasteiger partial charge in [0, 0.05) is 32.0 Å². The van der Waals surface area contributed by atoms with Gasteiger partial charge in [-0.2, -0.15) is 0 Å². The molecule has 176 valence electrons. The van der Waals surface area contributed by atoms with Gasteiger partial charge >= 0.3 is 6.09 Å². The summed E-state index contributed by atoms with van der Waals surface area (Å²) >= 11 is 0. The number of nitrogens with zero attached hydrogens (tertiary/aromatic N) is 1. The van der Waals surface area contributed by atoms with Crippen molar-refractivity contribution < 1.29 is 23.8 Å². The van der Waals surface area contributed by atoms with Gasteiger partial charge in [-0.15, -0.1) is 0 Å². The minimum absolute atomic E-state index is 0.0147. The van der Waals surface area contributed by atoms with Gasteiger partial charge in [0.25, 0.3) is 0 Å². The van der Waals surface area contributed by atoms with Crippen LogP contribution in [0.5, 0.6) is 11.5 Å². The molecule has 0 unspecified atom stereocenters. The molecule has 1 heterocycles. The quantitative estimate of drug-likeness (QED) is 0.679. The Kier molecular flexibility index (Phi) is 7.50. The van der Waals surface area contributed by atoms with Crippen LogP contribution in [0.4, 0.5) is 4.79 Å². The third-order valence-corrected chi connectivity index (χ3v) is 6.40. The maximum absolute atomic E-state index is 12.6. The van der Waals surface area contributed by atoms with E-state index in [9.17, 15) is 9.59 Å². The zero-order chi connectivity index (χ0) is 23.2. The van der Waals surface area contributed by atoms with Crippen molar-refractivity contribution in [3.05, 3.63) is 48.5 Å². The molecule has 0 radical (unpaired) electrons. The number of ether oxygens (including phenoxy) is 3. The maximum Gasteiger partial charge on any atom is 0.415 e. The molecule has 2 aromatic carbocycles. The maximum atomic E-state index is 12.6. The van der Waals surface area contributed by atoms with Gasteiger partial charge in [0.2, 0.25) is 5.91 Å². The summed E-state index contributed by atoms with van der Waals surface area (Å²) in [5, 5.41) is 2.87. The summed E-state index contributed by atoms with van der Waals surface area (Å²) < 4.78 is 16.8. The van der Waals surface area contributed by atoms with Crippen LogP contribution in [0, 0.1) is 5.92 Å². The Balaban J connectivity index is 1.30. The molecule has 1 aliphatic heterocycles. The van der Waals surface area contributed by atoms with Gasteiger partial charge in [-0.05, 0) is 61.6 Å². The summed E-state index contributed by atoms with van der Waals surface area (Å²) in [5.41, 5.74) is 2.09. The third kappa shape index (κ3) is 5.85. The Hall–Kier alpha value is -3.06. The molecule has 7 heteroatoms. The predicted octanol–water partition coefficient (Wildman–Crippen LogP) is 4.26. The number of carbonyl (C=O) groups excluding carboxylic acids is 2. The number of rotatable bonds is 7. The first kappa shape index (κ1) is 23.1. The second-order valence-electron chi connectivity index (χ2n) is 8.69. The van der Waals surface area contributed by atoms with E-state index in [-0.39, 0.29) is 24.0 Å². The van der Waals surface area contributed by atoms with E-state index < -0.39 is 6.09 Å². The fraction of sp³-hybridized carbons (Fsp3) is 0.462. The molecule has 2 fully saturated rings. The van der Waals surface area contributed by atoms with E-state index in [1.807, 2.05) is 43.3 Å². The van der Waals surface area contributed by atoms with Gasteiger partial charge in [-0.25, -0.2) is 4.79 Å². The first-order valence-corrected chi connectivity index (χ1v) is 11.7. The molecule has 1 aliphatic carbocycles. The zero-order valence-corrected chi connectivity index (χ0v) is 19.3. The lowest BCUT2D eigenvalue weighted by molar-refractivity contribution is -0.124. The molecule has 2 amide bonds. The lowest BCUT2D eigenvalue weighted by atomic mass is 10.1. The summed E-state index contributed by atoms with van der Waals surface area (Å²) in [5.74, 6) is 1.37. The number of hydrogen-bond acceptors (Lipinski definition) is 5. The second-order valence-corrected chi connectivity index (χ2v) is 8.69. The van der Waals surface area contributed by atoms with Crippen LogP contribution in [0.1, 0.15) is 32.6 Å². The lowest BCUT2D eigenvalue weighted by Crippen LogP contribution is -2.38. The molecule has 33 heavy (non-hydrogen) atoms. The molecule has 2 aromatic rings. The van der Waals surface area contributed by atoms with Crippen LogP contribution in [0.2, 0.25) is 0 Å². The molecule has 1 N–H and O–H groups in total. The minimum Gasteiger partial charge on any atom is -0.488 e. The van der Waals surface area contributed by atoms with Gasteiger partial charge in [0.15, 0.2) is 0 Å². The van der Waals surface area contributed by atoms with E-state index in [1.54, 1.807) is 24.1 Å². The van der Waals surface area contributed by atoms with Crippen molar-refractivity contribution in [1.29, 1.82) is 0 Å².